The number of ether oxygens (including phenoxy) is 1. The largest absolute Gasteiger partial charge is 0.462 e. The van der Waals surface area contributed by atoms with E-state index in [1.807, 2.05) is 35.4 Å². The minimum atomic E-state index is -0.332. The Bertz CT molecular complexity index is 1040. The molecule has 1 aromatic carbocycles. The maximum Gasteiger partial charge on any atom is 0.339 e. The Morgan fingerprint density at radius 1 is 1.20 bits per heavy atom. The van der Waals surface area contributed by atoms with Gasteiger partial charge in [-0.2, -0.15) is 0 Å². The number of esters is 1. The van der Waals surface area contributed by atoms with Gasteiger partial charge in [-0.05, 0) is 51.8 Å². The molecule has 6 nitrogen and oxygen atoms in total. The number of benzene rings is 1. The van der Waals surface area contributed by atoms with Crippen LogP contribution in [0, 0.1) is 13.8 Å². The van der Waals surface area contributed by atoms with E-state index in [1.165, 1.54) is 9.71 Å². The van der Waals surface area contributed by atoms with Crippen molar-refractivity contribution in [3.8, 4) is 0 Å². The van der Waals surface area contributed by atoms with Crippen molar-refractivity contribution in [3.63, 3.8) is 0 Å². The summed E-state index contributed by atoms with van der Waals surface area (Å²) in [6, 6.07) is 10.0. The first-order chi connectivity index (χ1) is 14.5. The van der Waals surface area contributed by atoms with Gasteiger partial charge >= 0.3 is 5.97 Å². The first-order valence-electron chi connectivity index (χ1n) is 10.4. The number of amides is 1. The van der Waals surface area contributed by atoms with Crippen molar-refractivity contribution in [1.29, 1.82) is 0 Å². The van der Waals surface area contributed by atoms with E-state index in [-0.39, 0.29) is 18.4 Å². The number of hydrogen-bond donors (Lipinski definition) is 0. The molecule has 1 saturated heterocycles. The lowest BCUT2D eigenvalue weighted by atomic mass is 9.97. The number of aromatic nitrogens is 2. The minimum Gasteiger partial charge on any atom is -0.462 e. The lowest BCUT2D eigenvalue weighted by molar-refractivity contribution is -0.132. The van der Waals surface area contributed by atoms with Crippen LogP contribution in [-0.4, -0.2) is 46.0 Å². The normalized spacial score (nSPS) is 15.0. The topological polar surface area (TPSA) is 64.4 Å². The molecule has 7 heteroatoms. The van der Waals surface area contributed by atoms with E-state index >= 15 is 0 Å². The Morgan fingerprint density at radius 3 is 2.63 bits per heavy atom. The average molecular weight is 426 g/mol. The van der Waals surface area contributed by atoms with E-state index in [2.05, 4.69) is 12.1 Å². The standard InChI is InChI=1S/C23H27N3O3S/c1-4-29-23(28)18-13-15(2)26(16(18)3)14-21(27)25-11-9-17(10-12-25)22-24-19-7-5-6-8-20(19)30-22/h5-8,13,17H,4,9-12,14H2,1-3H3. The van der Waals surface area contributed by atoms with E-state index in [0.717, 1.165) is 42.8 Å². The number of carbonyl (C=O) groups excluding carboxylic acids is 2. The maximum absolute atomic E-state index is 12.9. The molecule has 0 saturated carbocycles. The SMILES string of the molecule is CCOC(=O)c1cc(C)n(CC(=O)N2CCC(c3nc4ccccc4s3)CC2)c1C. The summed E-state index contributed by atoms with van der Waals surface area (Å²) in [4.78, 5) is 31.8. The summed E-state index contributed by atoms with van der Waals surface area (Å²) < 4.78 is 8.26. The number of aryl methyl sites for hydroxylation is 1. The molecule has 0 aliphatic carbocycles. The molecule has 1 aliphatic heterocycles. The Hall–Kier alpha value is -2.67. The molecule has 3 heterocycles. The van der Waals surface area contributed by atoms with Crippen LogP contribution >= 0.6 is 11.3 Å². The fourth-order valence-electron chi connectivity index (χ4n) is 4.14. The first-order valence-corrected chi connectivity index (χ1v) is 11.3. The highest BCUT2D eigenvalue weighted by Gasteiger charge is 2.27. The number of para-hydroxylation sites is 1. The van der Waals surface area contributed by atoms with E-state index < -0.39 is 0 Å². The fourth-order valence-corrected chi connectivity index (χ4v) is 5.27. The third-order valence-electron chi connectivity index (χ3n) is 5.87. The summed E-state index contributed by atoms with van der Waals surface area (Å²) in [5.74, 6) is 0.174. The van der Waals surface area contributed by atoms with Gasteiger partial charge in [0.15, 0.2) is 0 Å². The van der Waals surface area contributed by atoms with Gasteiger partial charge in [0.1, 0.15) is 6.54 Å². The van der Waals surface area contributed by atoms with Crippen molar-refractivity contribution in [3.05, 3.63) is 52.3 Å². The van der Waals surface area contributed by atoms with Crippen LogP contribution in [0.15, 0.2) is 30.3 Å². The second-order valence-corrected chi connectivity index (χ2v) is 8.83. The van der Waals surface area contributed by atoms with Gasteiger partial charge in [-0.15, -0.1) is 11.3 Å². The lowest BCUT2D eigenvalue weighted by Gasteiger charge is -2.31. The Labute approximate surface area is 180 Å². The molecule has 4 rings (SSSR count). The highest BCUT2D eigenvalue weighted by atomic mass is 32.1. The molecule has 1 amide bonds. The predicted molar refractivity (Wildman–Crippen MR) is 118 cm³/mol. The summed E-state index contributed by atoms with van der Waals surface area (Å²) in [7, 11) is 0. The van der Waals surface area contributed by atoms with Crippen molar-refractivity contribution < 1.29 is 14.3 Å². The molecule has 0 bridgehead atoms. The summed E-state index contributed by atoms with van der Waals surface area (Å²) in [6.07, 6.45) is 1.87. The van der Waals surface area contributed by atoms with Crippen LogP contribution < -0.4 is 0 Å². The average Bonchev–Trinajstić information content (AvgIpc) is 3.30. The lowest BCUT2D eigenvalue weighted by Crippen LogP contribution is -2.40. The molecule has 1 aliphatic rings. The third-order valence-corrected chi connectivity index (χ3v) is 7.07. The molecule has 3 aromatic rings. The van der Waals surface area contributed by atoms with Crippen molar-refractivity contribution in [2.45, 2.75) is 46.1 Å². The first kappa shape index (κ1) is 20.6. The number of nitrogens with zero attached hydrogens (tertiary/aromatic N) is 3. The van der Waals surface area contributed by atoms with Crippen LogP contribution in [0.25, 0.3) is 10.2 Å². The Balaban J connectivity index is 1.39. The molecule has 1 fully saturated rings. The van der Waals surface area contributed by atoms with Gasteiger partial charge in [0.25, 0.3) is 0 Å². The van der Waals surface area contributed by atoms with Crippen molar-refractivity contribution in [2.75, 3.05) is 19.7 Å². The van der Waals surface area contributed by atoms with Crippen molar-refractivity contribution in [1.82, 2.24) is 14.5 Å². The molecule has 0 atom stereocenters. The highest BCUT2D eigenvalue weighted by molar-refractivity contribution is 7.18. The molecule has 0 spiro atoms. The van der Waals surface area contributed by atoms with Gasteiger partial charge in [0.05, 0.1) is 27.4 Å². The summed E-state index contributed by atoms with van der Waals surface area (Å²) in [6.45, 7) is 7.65. The maximum atomic E-state index is 12.9. The van der Waals surface area contributed by atoms with Gasteiger partial charge in [0.2, 0.25) is 5.91 Å². The number of thiazole rings is 1. The number of rotatable bonds is 5. The Morgan fingerprint density at radius 2 is 1.93 bits per heavy atom. The molecule has 0 radical (unpaired) electrons. The molecular weight excluding hydrogens is 398 g/mol. The van der Waals surface area contributed by atoms with Gasteiger partial charge in [-0.25, -0.2) is 9.78 Å². The van der Waals surface area contributed by atoms with E-state index in [0.29, 0.717) is 18.1 Å². The Kier molecular flexibility index (Phi) is 5.90. The monoisotopic (exact) mass is 425 g/mol. The third kappa shape index (κ3) is 3.99. The molecule has 30 heavy (non-hydrogen) atoms. The zero-order chi connectivity index (χ0) is 21.3. The van der Waals surface area contributed by atoms with Crippen LogP contribution in [-0.2, 0) is 16.1 Å². The number of hydrogen-bond acceptors (Lipinski definition) is 5. The van der Waals surface area contributed by atoms with Crippen LogP contribution in [0.5, 0.6) is 0 Å². The zero-order valence-electron chi connectivity index (χ0n) is 17.7. The smallest absolute Gasteiger partial charge is 0.339 e. The van der Waals surface area contributed by atoms with E-state index in [1.54, 1.807) is 24.3 Å². The molecule has 158 valence electrons. The second kappa shape index (κ2) is 8.60. The number of likely N-dealkylation sites (tertiary alicyclic amines) is 1. The molecular formula is C23H27N3O3S. The summed E-state index contributed by atoms with van der Waals surface area (Å²) in [5, 5.41) is 1.18. The molecule has 0 N–H and O–H groups in total. The van der Waals surface area contributed by atoms with Gasteiger partial charge < -0.3 is 14.2 Å². The second-order valence-electron chi connectivity index (χ2n) is 7.77. The summed E-state index contributed by atoms with van der Waals surface area (Å²) >= 11 is 1.77. The quantitative estimate of drug-likeness (QED) is 0.572. The van der Waals surface area contributed by atoms with Crippen LogP contribution in [0.4, 0.5) is 0 Å². The van der Waals surface area contributed by atoms with E-state index in [9.17, 15) is 9.59 Å². The predicted octanol–water partition coefficient (Wildman–Crippen LogP) is 4.30. The fraction of sp³-hybridized carbons (Fsp3) is 0.435. The van der Waals surface area contributed by atoms with Crippen molar-refractivity contribution in [2.24, 2.45) is 0 Å². The molecule has 0 unspecified atom stereocenters. The number of piperidine rings is 1. The minimum absolute atomic E-state index is 0.0926. The van der Waals surface area contributed by atoms with Gasteiger partial charge in [-0.3, -0.25) is 4.79 Å². The molecule has 2 aromatic heterocycles. The van der Waals surface area contributed by atoms with Crippen LogP contribution in [0.1, 0.15) is 52.4 Å². The van der Waals surface area contributed by atoms with Crippen LogP contribution in [0.3, 0.4) is 0 Å². The zero-order valence-corrected chi connectivity index (χ0v) is 18.5. The van der Waals surface area contributed by atoms with Crippen LogP contribution in [0.2, 0.25) is 0 Å². The van der Waals surface area contributed by atoms with Gasteiger partial charge in [-0.1, -0.05) is 12.1 Å². The highest BCUT2D eigenvalue weighted by Crippen LogP contribution is 2.33. The van der Waals surface area contributed by atoms with E-state index in [4.69, 9.17) is 9.72 Å². The number of carbonyl (C=O) groups is 2. The van der Waals surface area contributed by atoms with Crippen molar-refractivity contribution >= 4 is 33.4 Å². The number of fused-ring (bicyclic) bond motifs is 1. The van der Waals surface area contributed by atoms with Gasteiger partial charge in [0, 0.05) is 30.4 Å². The summed E-state index contributed by atoms with van der Waals surface area (Å²) in [5.41, 5.74) is 3.28.